The molecule has 4 aliphatic carbocycles. The van der Waals surface area contributed by atoms with Crippen LogP contribution in [0.3, 0.4) is 0 Å². The standard InChI is InChI=1S/C21H24F4N6O4/c1-31-15(4-12(30-31)9-34-21(23,24)25)18(32)26-17-5-14(28-29-17)11-2-13(22)16(3-11)35-19(33)27-20-6-10(7-20)8-20/h4-5,10-11,13,16H,2-3,6-9H2,1H3,(H,27,33)(H2,26,28,29,32)/t10?,11-,13+,16-,20?/m0/s1. The molecule has 35 heavy (non-hydrogen) atoms. The minimum atomic E-state index is -4.81. The average Bonchev–Trinajstić information content (AvgIpc) is 3.41. The maximum atomic E-state index is 14.5. The summed E-state index contributed by atoms with van der Waals surface area (Å²) in [7, 11) is 1.41. The van der Waals surface area contributed by atoms with Gasteiger partial charge in [0.15, 0.2) is 5.82 Å². The van der Waals surface area contributed by atoms with Crippen LogP contribution in [-0.4, -0.2) is 56.2 Å². The summed E-state index contributed by atoms with van der Waals surface area (Å²) in [6.07, 6.45) is -4.34. The van der Waals surface area contributed by atoms with Crippen molar-refractivity contribution < 1.29 is 36.6 Å². The van der Waals surface area contributed by atoms with Gasteiger partial charge in [0.25, 0.3) is 5.91 Å². The van der Waals surface area contributed by atoms with E-state index in [0.717, 1.165) is 23.9 Å². The van der Waals surface area contributed by atoms with E-state index in [1.54, 1.807) is 6.07 Å². The lowest BCUT2D eigenvalue weighted by Crippen LogP contribution is -2.68. The Kier molecular flexibility index (Phi) is 5.73. The van der Waals surface area contributed by atoms with Crippen molar-refractivity contribution in [1.29, 1.82) is 0 Å². The molecule has 2 amide bonds. The summed E-state index contributed by atoms with van der Waals surface area (Å²) < 4.78 is 61.4. The molecule has 0 unspecified atom stereocenters. The summed E-state index contributed by atoms with van der Waals surface area (Å²) in [6, 6.07) is 2.73. The number of aromatic nitrogens is 4. The molecule has 14 heteroatoms. The van der Waals surface area contributed by atoms with Crippen molar-refractivity contribution in [3.05, 3.63) is 29.2 Å². The van der Waals surface area contributed by atoms with Crippen molar-refractivity contribution in [3.8, 4) is 0 Å². The molecule has 3 atom stereocenters. The molecule has 2 aromatic heterocycles. The highest BCUT2D eigenvalue weighted by Gasteiger charge is 2.58. The van der Waals surface area contributed by atoms with Gasteiger partial charge in [-0.2, -0.15) is 10.2 Å². The molecule has 6 rings (SSSR count). The van der Waals surface area contributed by atoms with Crippen LogP contribution in [0, 0.1) is 5.92 Å². The summed E-state index contributed by atoms with van der Waals surface area (Å²) in [4.78, 5) is 24.7. The lowest BCUT2D eigenvalue weighted by molar-refractivity contribution is -0.330. The second kappa shape index (κ2) is 8.50. The number of hydrogen-bond donors (Lipinski definition) is 3. The second-order valence-corrected chi connectivity index (χ2v) is 9.55. The van der Waals surface area contributed by atoms with Crippen molar-refractivity contribution in [2.45, 2.75) is 68.8 Å². The van der Waals surface area contributed by atoms with Gasteiger partial charge in [0.2, 0.25) is 0 Å². The third-order valence-electron chi connectivity index (χ3n) is 6.92. The predicted molar refractivity (Wildman–Crippen MR) is 111 cm³/mol. The first-order valence-electron chi connectivity index (χ1n) is 11.2. The van der Waals surface area contributed by atoms with Crippen LogP contribution in [0.4, 0.5) is 28.2 Å². The highest BCUT2D eigenvalue weighted by Crippen LogP contribution is 2.57. The maximum Gasteiger partial charge on any atom is 0.522 e. The first-order valence-corrected chi connectivity index (χ1v) is 11.2. The normalized spacial score (nSPS) is 29.3. The molecule has 2 heterocycles. The van der Waals surface area contributed by atoms with Gasteiger partial charge in [-0.1, -0.05) is 0 Å². The molecule has 2 aromatic rings. The minimum Gasteiger partial charge on any atom is -0.443 e. The van der Waals surface area contributed by atoms with E-state index in [4.69, 9.17) is 4.74 Å². The zero-order valence-electron chi connectivity index (χ0n) is 18.7. The fourth-order valence-corrected chi connectivity index (χ4v) is 5.09. The Morgan fingerprint density at radius 3 is 2.66 bits per heavy atom. The van der Waals surface area contributed by atoms with E-state index < -0.39 is 37.2 Å². The van der Waals surface area contributed by atoms with E-state index in [1.807, 2.05) is 0 Å². The topological polar surface area (TPSA) is 123 Å². The molecule has 190 valence electrons. The van der Waals surface area contributed by atoms with Crippen LogP contribution in [0.5, 0.6) is 0 Å². The number of carbonyl (C=O) groups is 2. The number of amides is 2. The number of alkyl carbamates (subject to hydrolysis) is 1. The number of aromatic amines is 1. The van der Waals surface area contributed by atoms with Crippen LogP contribution in [0.2, 0.25) is 0 Å². The SMILES string of the molecule is Cn1nc(COC(F)(F)F)cc1C(=O)Nc1cc([C@H]2C[C@@H](F)[C@@H](OC(=O)NC34CC(C3)C4)C2)[nH]n1. The highest BCUT2D eigenvalue weighted by molar-refractivity contribution is 6.02. The van der Waals surface area contributed by atoms with Crippen molar-refractivity contribution in [3.63, 3.8) is 0 Å². The van der Waals surface area contributed by atoms with Gasteiger partial charge in [-0.05, 0) is 44.1 Å². The maximum absolute atomic E-state index is 14.5. The van der Waals surface area contributed by atoms with Crippen LogP contribution >= 0.6 is 0 Å². The van der Waals surface area contributed by atoms with Crippen LogP contribution in [-0.2, 0) is 23.1 Å². The summed E-state index contributed by atoms with van der Waals surface area (Å²) in [5.74, 6) is -0.0878. The molecular formula is C21H24F4N6O4. The number of halogens is 4. The van der Waals surface area contributed by atoms with Crippen molar-refractivity contribution >= 4 is 17.8 Å². The molecule has 4 saturated carbocycles. The lowest BCUT2D eigenvalue weighted by Gasteiger charge is -2.61. The summed E-state index contributed by atoms with van der Waals surface area (Å²) in [6.45, 7) is -0.827. The number of carbonyl (C=O) groups excluding carboxylic acids is 2. The number of rotatable bonds is 7. The molecule has 4 fully saturated rings. The van der Waals surface area contributed by atoms with Crippen LogP contribution in [0.25, 0.3) is 0 Å². The van der Waals surface area contributed by atoms with Gasteiger partial charge in [-0.25, -0.2) is 9.18 Å². The van der Waals surface area contributed by atoms with Crippen molar-refractivity contribution in [2.24, 2.45) is 13.0 Å². The van der Waals surface area contributed by atoms with E-state index in [9.17, 15) is 27.2 Å². The summed E-state index contributed by atoms with van der Waals surface area (Å²) >= 11 is 0. The summed E-state index contributed by atoms with van der Waals surface area (Å²) in [5, 5.41) is 16.0. The first kappa shape index (κ1) is 23.6. The Hall–Kier alpha value is -3.16. The summed E-state index contributed by atoms with van der Waals surface area (Å²) in [5.41, 5.74) is 0.352. The average molecular weight is 500 g/mol. The van der Waals surface area contributed by atoms with Gasteiger partial charge in [0, 0.05) is 30.3 Å². The Labute approximate surface area is 196 Å². The van der Waals surface area contributed by atoms with E-state index in [0.29, 0.717) is 11.6 Å². The Balaban J connectivity index is 1.14. The minimum absolute atomic E-state index is 0.00297. The fraction of sp³-hybridized carbons (Fsp3) is 0.619. The number of H-pyrrole nitrogens is 1. The number of ether oxygens (including phenoxy) is 2. The third kappa shape index (κ3) is 4.97. The molecule has 0 spiro atoms. The van der Waals surface area contributed by atoms with Crippen molar-refractivity contribution in [1.82, 2.24) is 25.3 Å². The monoisotopic (exact) mass is 500 g/mol. The molecule has 2 bridgehead atoms. The molecule has 0 aromatic carbocycles. The van der Waals surface area contributed by atoms with Gasteiger partial charge in [0.05, 0.1) is 5.69 Å². The van der Waals surface area contributed by atoms with Crippen LogP contribution in [0.15, 0.2) is 12.1 Å². The Bertz CT molecular complexity index is 1110. The smallest absolute Gasteiger partial charge is 0.443 e. The number of nitrogens with one attached hydrogen (secondary N) is 3. The quantitative estimate of drug-likeness (QED) is 0.502. The van der Waals surface area contributed by atoms with Crippen LogP contribution in [0.1, 0.15) is 59.9 Å². The van der Waals surface area contributed by atoms with Gasteiger partial charge < -0.3 is 15.4 Å². The van der Waals surface area contributed by atoms with E-state index in [-0.39, 0.29) is 41.5 Å². The number of alkyl halides is 4. The molecule has 10 nitrogen and oxygen atoms in total. The highest BCUT2D eigenvalue weighted by atomic mass is 19.4. The molecule has 0 radical (unpaired) electrons. The van der Waals surface area contributed by atoms with Crippen LogP contribution < -0.4 is 10.6 Å². The molecular weight excluding hydrogens is 476 g/mol. The third-order valence-corrected chi connectivity index (χ3v) is 6.92. The van der Waals surface area contributed by atoms with E-state index in [1.165, 1.54) is 13.1 Å². The van der Waals surface area contributed by atoms with Gasteiger partial charge in [0.1, 0.15) is 24.6 Å². The zero-order valence-corrected chi connectivity index (χ0v) is 18.7. The Morgan fingerprint density at radius 1 is 1.26 bits per heavy atom. The van der Waals surface area contributed by atoms with Crippen molar-refractivity contribution in [2.75, 3.05) is 5.32 Å². The number of hydrogen-bond acceptors (Lipinski definition) is 6. The zero-order chi connectivity index (χ0) is 25.0. The van der Waals surface area contributed by atoms with Gasteiger partial charge in [-0.15, -0.1) is 13.2 Å². The largest absolute Gasteiger partial charge is 0.522 e. The van der Waals surface area contributed by atoms with Gasteiger partial charge >= 0.3 is 12.5 Å². The predicted octanol–water partition coefficient (Wildman–Crippen LogP) is 3.29. The molecule has 0 saturated heterocycles. The first-order chi connectivity index (χ1) is 16.5. The van der Waals surface area contributed by atoms with E-state index in [2.05, 4.69) is 30.7 Å². The Morgan fingerprint density at radius 2 is 2.00 bits per heavy atom. The lowest BCUT2D eigenvalue weighted by atomic mass is 9.50. The number of aryl methyl sites for hydroxylation is 1. The molecule has 0 aliphatic heterocycles. The molecule has 4 aliphatic rings. The van der Waals surface area contributed by atoms with E-state index >= 15 is 0 Å². The number of nitrogens with zero attached hydrogens (tertiary/aromatic N) is 3. The molecule has 3 N–H and O–H groups in total. The van der Waals surface area contributed by atoms with Gasteiger partial charge in [-0.3, -0.25) is 19.3 Å². The number of anilines is 1. The fourth-order valence-electron chi connectivity index (χ4n) is 5.09. The second-order valence-electron chi connectivity index (χ2n) is 9.55.